The van der Waals surface area contributed by atoms with Gasteiger partial charge in [0.05, 0.1) is 5.56 Å². The maximum absolute atomic E-state index is 12.7. The van der Waals surface area contributed by atoms with Gasteiger partial charge in [0.15, 0.2) is 0 Å². The Kier molecular flexibility index (Phi) is 5.27. The molecule has 1 aliphatic rings. The average Bonchev–Trinajstić information content (AvgIpc) is 2.46. The summed E-state index contributed by atoms with van der Waals surface area (Å²) in [6.07, 6.45) is -0.775. The van der Waals surface area contributed by atoms with Crippen molar-refractivity contribution in [2.45, 2.75) is 38.4 Å². The number of benzene rings is 1. The number of nitrogens with zero attached hydrogens (tertiary/aromatic N) is 1. The molecule has 1 aliphatic heterocycles. The summed E-state index contributed by atoms with van der Waals surface area (Å²) in [5.41, 5.74) is 6.05. The number of rotatable bonds is 4. The largest absolute Gasteiger partial charge is 0.416 e. The Balaban J connectivity index is 2.01. The molecule has 2 N–H and O–H groups in total. The summed E-state index contributed by atoms with van der Waals surface area (Å²) in [6, 6.07) is 5.00. The van der Waals surface area contributed by atoms with Crippen LogP contribution in [0.5, 0.6) is 0 Å². The number of nitrogens with two attached hydrogens (primary N) is 1. The van der Waals surface area contributed by atoms with Gasteiger partial charge in [-0.1, -0.05) is 25.5 Å². The van der Waals surface area contributed by atoms with Crippen LogP contribution in [0.3, 0.4) is 0 Å². The van der Waals surface area contributed by atoms with Crippen LogP contribution in [0, 0.1) is 5.92 Å². The van der Waals surface area contributed by atoms with Gasteiger partial charge in [-0.3, -0.25) is 0 Å². The van der Waals surface area contributed by atoms with Crippen molar-refractivity contribution < 1.29 is 13.2 Å². The molecule has 118 valence electrons. The van der Waals surface area contributed by atoms with Gasteiger partial charge >= 0.3 is 6.18 Å². The number of likely N-dealkylation sites (tertiary alicyclic amines) is 1. The van der Waals surface area contributed by atoms with Gasteiger partial charge in [0, 0.05) is 19.1 Å². The molecular formula is C16H23F3N2. The van der Waals surface area contributed by atoms with Crippen LogP contribution in [0.25, 0.3) is 0 Å². The van der Waals surface area contributed by atoms with Crippen molar-refractivity contribution in [1.82, 2.24) is 4.90 Å². The lowest BCUT2D eigenvalue weighted by Gasteiger charge is -2.34. The van der Waals surface area contributed by atoms with E-state index in [1.807, 2.05) is 0 Å². The molecule has 1 saturated heterocycles. The second kappa shape index (κ2) is 6.79. The molecule has 21 heavy (non-hydrogen) atoms. The van der Waals surface area contributed by atoms with Crippen molar-refractivity contribution in [3.63, 3.8) is 0 Å². The molecule has 1 aromatic carbocycles. The van der Waals surface area contributed by atoms with Crippen molar-refractivity contribution in [2.24, 2.45) is 11.7 Å². The molecule has 2 atom stereocenters. The van der Waals surface area contributed by atoms with Gasteiger partial charge in [-0.25, -0.2) is 0 Å². The van der Waals surface area contributed by atoms with E-state index in [2.05, 4.69) is 11.8 Å². The number of piperidine rings is 1. The lowest BCUT2D eigenvalue weighted by atomic mass is 9.94. The molecule has 0 aliphatic carbocycles. The first-order chi connectivity index (χ1) is 9.90. The standard InChI is InChI=1S/C16H23F3N2/c1-2-12-5-4-8-21(10-12)11-15(20)13-6-3-7-14(9-13)16(17,18)19/h3,6-7,9,12,15H,2,4-5,8,10-11,20H2,1H3. The highest BCUT2D eigenvalue weighted by Gasteiger charge is 2.31. The average molecular weight is 300 g/mol. The van der Waals surface area contributed by atoms with Crippen LogP contribution in [0.1, 0.15) is 43.4 Å². The molecule has 5 heteroatoms. The van der Waals surface area contributed by atoms with Gasteiger partial charge < -0.3 is 10.6 Å². The first-order valence-corrected chi connectivity index (χ1v) is 7.55. The molecule has 1 fully saturated rings. The van der Waals surface area contributed by atoms with Crippen molar-refractivity contribution in [3.05, 3.63) is 35.4 Å². The molecule has 0 amide bonds. The Morgan fingerprint density at radius 1 is 1.38 bits per heavy atom. The third kappa shape index (κ3) is 4.45. The second-order valence-electron chi connectivity index (χ2n) is 5.91. The van der Waals surface area contributed by atoms with E-state index >= 15 is 0 Å². The van der Waals surface area contributed by atoms with Crippen LogP contribution in [0.2, 0.25) is 0 Å². The minimum atomic E-state index is -4.31. The Labute approximate surface area is 124 Å². The molecule has 0 bridgehead atoms. The van der Waals surface area contributed by atoms with Crippen LogP contribution in [0.4, 0.5) is 13.2 Å². The van der Waals surface area contributed by atoms with E-state index in [1.165, 1.54) is 18.6 Å². The Hall–Kier alpha value is -1.07. The van der Waals surface area contributed by atoms with E-state index in [-0.39, 0.29) is 6.04 Å². The van der Waals surface area contributed by atoms with Gasteiger partial charge in [0.2, 0.25) is 0 Å². The van der Waals surface area contributed by atoms with Crippen molar-refractivity contribution in [3.8, 4) is 0 Å². The number of hydrogen-bond acceptors (Lipinski definition) is 2. The molecule has 0 saturated carbocycles. The highest BCUT2D eigenvalue weighted by atomic mass is 19.4. The third-order valence-electron chi connectivity index (χ3n) is 4.28. The predicted molar refractivity (Wildman–Crippen MR) is 77.8 cm³/mol. The molecule has 2 unspecified atom stereocenters. The van der Waals surface area contributed by atoms with Crippen LogP contribution in [0.15, 0.2) is 24.3 Å². The summed E-state index contributed by atoms with van der Waals surface area (Å²) in [4.78, 5) is 2.28. The zero-order valence-electron chi connectivity index (χ0n) is 12.4. The van der Waals surface area contributed by atoms with E-state index < -0.39 is 11.7 Å². The molecule has 0 aromatic heterocycles. The van der Waals surface area contributed by atoms with Gasteiger partial charge in [-0.05, 0) is 43.0 Å². The Morgan fingerprint density at radius 3 is 2.81 bits per heavy atom. The van der Waals surface area contributed by atoms with Crippen LogP contribution >= 0.6 is 0 Å². The molecule has 2 rings (SSSR count). The van der Waals surface area contributed by atoms with Crippen molar-refractivity contribution >= 4 is 0 Å². The number of hydrogen-bond donors (Lipinski definition) is 1. The molecule has 1 aromatic rings. The predicted octanol–water partition coefficient (Wildman–Crippen LogP) is 3.83. The smallest absolute Gasteiger partial charge is 0.323 e. The SMILES string of the molecule is CCC1CCCN(CC(N)c2cccc(C(F)(F)F)c2)C1. The van der Waals surface area contributed by atoms with Crippen molar-refractivity contribution in [1.29, 1.82) is 0 Å². The van der Waals surface area contributed by atoms with Crippen LogP contribution in [-0.4, -0.2) is 24.5 Å². The fourth-order valence-corrected chi connectivity index (χ4v) is 2.98. The highest BCUT2D eigenvalue weighted by Crippen LogP contribution is 2.30. The topological polar surface area (TPSA) is 29.3 Å². The van der Waals surface area contributed by atoms with E-state index in [9.17, 15) is 13.2 Å². The fourth-order valence-electron chi connectivity index (χ4n) is 2.98. The fraction of sp³-hybridized carbons (Fsp3) is 0.625. The summed E-state index contributed by atoms with van der Waals surface area (Å²) in [5.74, 6) is 0.687. The minimum Gasteiger partial charge on any atom is -0.323 e. The lowest BCUT2D eigenvalue weighted by Crippen LogP contribution is -2.39. The first kappa shape index (κ1) is 16.3. The van der Waals surface area contributed by atoms with Gasteiger partial charge in [0.1, 0.15) is 0 Å². The lowest BCUT2D eigenvalue weighted by molar-refractivity contribution is -0.137. The van der Waals surface area contributed by atoms with E-state index in [4.69, 9.17) is 5.73 Å². The minimum absolute atomic E-state index is 0.372. The van der Waals surface area contributed by atoms with Gasteiger partial charge in [-0.2, -0.15) is 13.2 Å². The summed E-state index contributed by atoms with van der Waals surface area (Å²) in [6.45, 7) is 4.80. The number of alkyl halides is 3. The number of halogens is 3. The summed E-state index contributed by atoms with van der Waals surface area (Å²) in [7, 11) is 0. The molecule has 0 spiro atoms. The molecule has 0 radical (unpaired) electrons. The van der Waals surface area contributed by atoms with E-state index in [1.54, 1.807) is 6.07 Å². The summed E-state index contributed by atoms with van der Waals surface area (Å²) >= 11 is 0. The summed E-state index contributed by atoms with van der Waals surface area (Å²) < 4.78 is 38.2. The Morgan fingerprint density at radius 2 is 2.14 bits per heavy atom. The maximum Gasteiger partial charge on any atom is 0.416 e. The van der Waals surface area contributed by atoms with Gasteiger partial charge in [-0.15, -0.1) is 0 Å². The summed E-state index contributed by atoms with van der Waals surface area (Å²) in [5, 5.41) is 0. The van der Waals surface area contributed by atoms with Crippen LogP contribution in [-0.2, 0) is 6.18 Å². The monoisotopic (exact) mass is 300 g/mol. The van der Waals surface area contributed by atoms with Gasteiger partial charge in [0.25, 0.3) is 0 Å². The zero-order chi connectivity index (χ0) is 15.5. The van der Waals surface area contributed by atoms with E-state index in [0.29, 0.717) is 18.0 Å². The highest BCUT2D eigenvalue weighted by molar-refractivity contribution is 5.28. The Bertz CT molecular complexity index is 459. The molecular weight excluding hydrogens is 277 g/mol. The third-order valence-corrected chi connectivity index (χ3v) is 4.28. The van der Waals surface area contributed by atoms with E-state index in [0.717, 1.165) is 32.0 Å². The quantitative estimate of drug-likeness (QED) is 0.915. The second-order valence-corrected chi connectivity index (χ2v) is 5.91. The molecule has 1 heterocycles. The molecule has 2 nitrogen and oxygen atoms in total. The van der Waals surface area contributed by atoms with Crippen LogP contribution < -0.4 is 5.73 Å². The first-order valence-electron chi connectivity index (χ1n) is 7.55. The zero-order valence-corrected chi connectivity index (χ0v) is 12.4. The van der Waals surface area contributed by atoms with Crippen molar-refractivity contribution in [2.75, 3.05) is 19.6 Å². The normalized spacial score (nSPS) is 22.2. The maximum atomic E-state index is 12.7.